The van der Waals surface area contributed by atoms with E-state index in [-0.39, 0.29) is 23.7 Å². The first-order valence-electron chi connectivity index (χ1n) is 8.11. The number of rotatable bonds is 6. The molecular weight excluding hydrogens is 359 g/mol. The number of nitrogens with one attached hydrogen (secondary N) is 2. The Labute approximate surface area is 156 Å². The molecule has 2 N–H and O–H groups in total. The lowest BCUT2D eigenvalue weighted by Gasteiger charge is -2.07. The summed E-state index contributed by atoms with van der Waals surface area (Å²) in [6.07, 6.45) is 1.29. The van der Waals surface area contributed by atoms with Gasteiger partial charge in [-0.05, 0) is 48.7 Å². The first kappa shape index (κ1) is 17.8. The lowest BCUT2D eigenvalue weighted by atomic mass is 10.1. The van der Waals surface area contributed by atoms with Gasteiger partial charge in [0.25, 0.3) is 0 Å². The zero-order chi connectivity index (χ0) is 17.8. The number of carbonyl (C=O) groups excluding carboxylic acids is 2. The van der Waals surface area contributed by atoms with E-state index in [0.29, 0.717) is 35.1 Å². The third-order valence-electron chi connectivity index (χ3n) is 4.16. The summed E-state index contributed by atoms with van der Waals surface area (Å²) >= 11 is 11.8. The molecule has 0 aromatic heterocycles. The van der Waals surface area contributed by atoms with E-state index in [2.05, 4.69) is 10.6 Å². The number of anilines is 1. The minimum atomic E-state index is -0.273. The molecule has 0 bridgehead atoms. The second-order valence-electron chi connectivity index (χ2n) is 6.12. The molecule has 0 spiro atoms. The molecule has 0 aliphatic heterocycles. The highest BCUT2D eigenvalue weighted by atomic mass is 35.5. The Hall–Kier alpha value is -2.04. The molecule has 2 aromatic carbocycles. The monoisotopic (exact) mass is 376 g/mol. The first-order chi connectivity index (χ1) is 12.0. The Kier molecular flexibility index (Phi) is 5.61. The van der Waals surface area contributed by atoms with Crippen molar-refractivity contribution >= 4 is 40.7 Å². The summed E-state index contributed by atoms with van der Waals surface area (Å²) in [4.78, 5) is 24.3. The van der Waals surface area contributed by atoms with Gasteiger partial charge in [0.05, 0.1) is 11.8 Å². The second-order valence-corrected chi connectivity index (χ2v) is 6.99. The Morgan fingerprint density at radius 1 is 0.960 bits per heavy atom. The standard InChI is InChI=1S/C19H18Cl2N2O2/c20-13-4-1-3-12(9-13)7-8-22-18(24)16-11-17(16)19(25)23-15-6-2-5-14(21)10-15/h1-6,9-10,16-17H,7-8,11H2,(H,22,24)(H,23,25). The predicted molar refractivity (Wildman–Crippen MR) is 99.8 cm³/mol. The van der Waals surface area contributed by atoms with Crippen LogP contribution in [0.5, 0.6) is 0 Å². The fraction of sp³-hybridized carbons (Fsp3) is 0.263. The van der Waals surface area contributed by atoms with Gasteiger partial charge in [0.1, 0.15) is 0 Å². The molecule has 2 aromatic rings. The van der Waals surface area contributed by atoms with Gasteiger partial charge in [0.15, 0.2) is 0 Å². The van der Waals surface area contributed by atoms with E-state index in [4.69, 9.17) is 23.2 Å². The van der Waals surface area contributed by atoms with Crippen molar-refractivity contribution in [1.29, 1.82) is 0 Å². The number of hydrogen-bond acceptors (Lipinski definition) is 2. The van der Waals surface area contributed by atoms with Gasteiger partial charge in [-0.25, -0.2) is 0 Å². The normalized spacial score (nSPS) is 18.5. The van der Waals surface area contributed by atoms with Crippen molar-refractivity contribution in [2.24, 2.45) is 11.8 Å². The fourth-order valence-corrected chi connectivity index (χ4v) is 3.13. The first-order valence-corrected chi connectivity index (χ1v) is 8.87. The average Bonchev–Trinajstić information content (AvgIpc) is 3.36. The van der Waals surface area contributed by atoms with Crippen LogP contribution in [0.4, 0.5) is 5.69 Å². The summed E-state index contributed by atoms with van der Waals surface area (Å²) in [7, 11) is 0. The quantitative estimate of drug-likeness (QED) is 0.802. The highest BCUT2D eigenvalue weighted by Crippen LogP contribution is 2.39. The largest absolute Gasteiger partial charge is 0.356 e. The van der Waals surface area contributed by atoms with Crippen molar-refractivity contribution < 1.29 is 9.59 Å². The SMILES string of the molecule is O=C(NCCc1cccc(Cl)c1)C1CC1C(=O)Nc1cccc(Cl)c1. The molecule has 1 aliphatic carbocycles. The topological polar surface area (TPSA) is 58.2 Å². The fourth-order valence-electron chi connectivity index (χ4n) is 2.73. The van der Waals surface area contributed by atoms with Crippen LogP contribution in [0.1, 0.15) is 12.0 Å². The number of benzene rings is 2. The van der Waals surface area contributed by atoms with Crippen molar-refractivity contribution in [2.45, 2.75) is 12.8 Å². The van der Waals surface area contributed by atoms with Gasteiger partial charge in [0, 0.05) is 22.3 Å². The zero-order valence-electron chi connectivity index (χ0n) is 13.5. The molecule has 130 valence electrons. The third kappa shape index (κ3) is 4.97. The Morgan fingerprint density at radius 2 is 1.64 bits per heavy atom. The maximum absolute atomic E-state index is 12.2. The molecule has 0 radical (unpaired) electrons. The molecule has 1 fully saturated rings. The van der Waals surface area contributed by atoms with Crippen LogP contribution in [0.3, 0.4) is 0 Å². The van der Waals surface area contributed by atoms with Gasteiger partial charge < -0.3 is 10.6 Å². The Bertz CT molecular complexity index is 794. The molecule has 1 aliphatic rings. The van der Waals surface area contributed by atoms with Crippen LogP contribution in [0.25, 0.3) is 0 Å². The molecule has 4 nitrogen and oxygen atoms in total. The van der Waals surface area contributed by atoms with Crippen LogP contribution in [0, 0.1) is 11.8 Å². The smallest absolute Gasteiger partial charge is 0.228 e. The lowest BCUT2D eigenvalue weighted by Crippen LogP contribution is -2.29. The summed E-state index contributed by atoms with van der Waals surface area (Å²) in [5.41, 5.74) is 1.71. The molecule has 0 heterocycles. The minimum Gasteiger partial charge on any atom is -0.356 e. The molecule has 3 rings (SSSR count). The molecular formula is C19H18Cl2N2O2. The van der Waals surface area contributed by atoms with E-state index in [0.717, 1.165) is 5.56 Å². The Morgan fingerprint density at radius 3 is 2.36 bits per heavy atom. The zero-order valence-corrected chi connectivity index (χ0v) is 15.0. The lowest BCUT2D eigenvalue weighted by molar-refractivity contribution is -0.125. The third-order valence-corrected chi connectivity index (χ3v) is 4.63. The van der Waals surface area contributed by atoms with E-state index in [1.165, 1.54) is 0 Å². The van der Waals surface area contributed by atoms with E-state index in [1.54, 1.807) is 24.3 Å². The van der Waals surface area contributed by atoms with Crippen LogP contribution in [0.15, 0.2) is 48.5 Å². The van der Waals surface area contributed by atoms with Crippen LogP contribution < -0.4 is 10.6 Å². The number of carbonyl (C=O) groups is 2. The highest BCUT2D eigenvalue weighted by Gasteiger charge is 2.47. The minimum absolute atomic E-state index is 0.0757. The molecule has 2 unspecified atom stereocenters. The van der Waals surface area contributed by atoms with Gasteiger partial charge in [0.2, 0.25) is 11.8 Å². The number of hydrogen-bond donors (Lipinski definition) is 2. The maximum Gasteiger partial charge on any atom is 0.228 e. The average molecular weight is 377 g/mol. The van der Waals surface area contributed by atoms with Gasteiger partial charge in [-0.1, -0.05) is 41.4 Å². The van der Waals surface area contributed by atoms with Gasteiger partial charge >= 0.3 is 0 Å². The van der Waals surface area contributed by atoms with Crippen molar-refractivity contribution in [3.05, 3.63) is 64.1 Å². The Balaban J connectivity index is 1.43. The second kappa shape index (κ2) is 7.89. The van der Waals surface area contributed by atoms with Gasteiger partial charge in [-0.2, -0.15) is 0 Å². The number of halogens is 2. The predicted octanol–water partition coefficient (Wildman–Crippen LogP) is 3.93. The summed E-state index contributed by atoms with van der Waals surface area (Å²) in [6.45, 7) is 0.526. The van der Waals surface area contributed by atoms with E-state index in [1.807, 2.05) is 24.3 Å². The summed E-state index contributed by atoms with van der Waals surface area (Å²) in [6, 6.07) is 14.5. The van der Waals surface area contributed by atoms with Gasteiger partial charge in [-0.3, -0.25) is 9.59 Å². The van der Waals surface area contributed by atoms with Crippen LogP contribution >= 0.6 is 23.2 Å². The molecule has 2 atom stereocenters. The van der Waals surface area contributed by atoms with E-state index < -0.39 is 0 Å². The van der Waals surface area contributed by atoms with Crippen molar-refractivity contribution in [1.82, 2.24) is 5.32 Å². The summed E-state index contributed by atoms with van der Waals surface area (Å²) < 4.78 is 0. The molecule has 0 saturated heterocycles. The van der Waals surface area contributed by atoms with Crippen molar-refractivity contribution in [3.63, 3.8) is 0 Å². The summed E-state index contributed by atoms with van der Waals surface area (Å²) in [5.74, 6) is -0.741. The van der Waals surface area contributed by atoms with Crippen LogP contribution in [0.2, 0.25) is 10.0 Å². The molecule has 2 amide bonds. The van der Waals surface area contributed by atoms with Crippen LogP contribution in [-0.4, -0.2) is 18.4 Å². The maximum atomic E-state index is 12.2. The van der Waals surface area contributed by atoms with Crippen molar-refractivity contribution in [3.8, 4) is 0 Å². The van der Waals surface area contributed by atoms with Crippen molar-refractivity contribution in [2.75, 3.05) is 11.9 Å². The van der Waals surface area contributed by atoms with Crippen LogP contribution in [-0.2, 0) is 16.0 Å². The highest BCUT2D eigenvalue weighted by molar-refractivity contribution is 6.31. The molecule has 25 heavy (non-hydrogen) atoms. The van der Waals surface area contributed by atoms with E-state index >= 15 is 0 Å². The molecule has 1 saturated carbocycles. The summed E-state index contributed by atoms with van der Waals surface area (Å²) in [5, 5.41) is 6.93. The van der Waals surface area contributed by atoms with E-state index in [9.17, 15) is 9.59 Å². The molecule has 6 heteroatoms. The number of amides is 2. The van der Waals surface area contributed by atoms with Gasteiger partial charge in [-0.15, -0.1) is 0 Å².